The molecule has 1 amide bonds. The van der Waals surface area contributed by atoms with Crippen LogP contribution in [0.1, 0.15) is 42.4 Å². The summed E-state index contributed by atoms with van der Waals surface area (Å²) >= 11 is 0. The molecule has 0 unspecified atom stereocenters. The highest BCUT2D eigenvalue weighted by Crippen LogP contribution is 2.33. The minimum absolute atomic E-state index is 0.0352. The average molecular weight is 539 g/mol. The van der Waals surface area contributed by atoms with E-state index in [0.717, 1.165) is 48.2 Å². The summed E-state index contributed by atoms with van der Waals surface area (Å²) in [6, 6.07) is 16.2. The first kappa shape index (κ1) is 26.9. The van der Waals surface area contributed by atoms with Gasteiger partial charge in [-0.2, -0.15) is 4.39 Å². The van der Waals surface area contributed by atoms with Crippen molar-refractivity contribution in [3.63, 3.8) is 0 Å². The van der Waals surface area contributed by atoms with Crippen LogP contribution in [0.5, 0.6) is 5.75 Å². The number of nitrogens with zero attached hydrogens (tertiary/aromatic N) is 1. The van der Waals surface area contributed by atoms with Gasteiger partial charge in [0, 0.05) is 30.3 Å². The summed E-state index contributed by atoms with van der Waals surface area (Å²) in [5, 5.41) is 3.31. The summed E-state index contributed by atoms with van der Waals surface area (Å²) in [7, 11) is 0. The van der Waals surface area contributed by atoms with Crippen LogP contribution in [0, 0.1) is 23.3 Å². The van der Waals surface area contributed by atoms with Gasteiger partial charge in [0.2, 0.25) is 5.82 Å². The first-order chi connectivity index (χ1) is 18.9. The molecule has 3 aromatic rings. The SMILES string of the molecule is O=C(C1=C(c2ccc(CCCOc3c(F)ccc(F)c3F)cc2)CCNC1)N(Cc1ccccc1F)C1CC1. The Morgan fingerprint density at radius 2 is 1.67 bits per heavy atom. The number of amides is 1. The lowest BCUT2D eigenvalue weighted by molar-refractivity contribution is -0.128. The van der Waals surface area contributed by atoms with Gasteiger partial charge in [-0.05, 0) is 73.5 Å². The monoisotopic (exact) mass is 538 g/mol. The number of rotatable bonds is 10. The van der Waals surface area contributed by atoms with Crippen LogP contribution in [0.25, 0.3) is 5.57 Å². The summed E-state index contributed by atoms with van der Waals surface area (Å²) in [6.07, 6.45) is 3.64. The number of hydrogen-bond acceptors (Lipinski definition) is 3. The molecule has 1 saturated carbocycles. The van der Waals surface area contributed by atoms with Gasteiger partial charge in [0.05, 0.1) is 6.61 Å². The van der Waals surface area contributed by atoms with Crippen molar-refractivity contribution in [2.45, 2.75) is 44.7 Å². The van der Waals surface area contributed by atoms with Crippen molar-refractivity contribution in [2.75, 3.05) is 19.7 Å². The molecule has 4 nitrogen and oxygen atoms in total. The number of halogens is 4. The van der Waals surface area contributed by atoms with Crippen molar-refractivity contribution in [1.82, 2.24) is 10.2 Å². The Bertz CT molecular complexity index is 1370. The number of nitrogens with one attached hydrogen (secondary N) is 1. The van der Waals surface area contributed by atoms with Crippen molar-refractivity contribution in [2.24, 2.45) is 0 Å². The first-order valence-electron chi connectivity index (χ1n) is 13.2. The highest BCUT2D eigenvalue weighted by Gasteiger charge is 2.35. The second-order valence-electron chi connectivity index (χ2n) is 9.96. The number of aryl methyl sites for hydroxylation is 1. The fraction of sp³-hybridized carbons (Fsp3) is 0.323. The lowest BCUT2D eigenvalue weighted by Crippen LogP contribution is -2.39. The minimum atomic E-state index is -1.32. The maximum atomic E-state index is 14.3. The van der Waals surface area contributed by atoms with Crippen molar-refractivity contribution < 1.29 is 27.1 Å². The van der Waals surface area contributed by atoms with Crippen molar-refractivity contribution >= 4 is 11.5 Å². The van der Waals surface area contributed by atoms with E-state index in [4.69, 9.17) is 4.74 Å². The Morgan fingerprint density at radius 1 is 0.923 bits per heavy atom. The Kier molecular flexibility index (Phi) is 8.31. The van der Waals surface area contributed by atoms with E-state index < -0.39 is 23.2 Å². The largest absolute Gasteiger partial charge is 0.488 e. The van der Waals surface area contributed by atoms with Gasteiger partial charge in [-0.1, -0.05) is 42.5 Å². The lowest BCUT2D eigenvalue weighted by atomic mass is 9.92. The molecule has 3 aromatic carbocycles. The number of carbonyl (C=O) groups is 1. The molecule has 2 aliphatic rings. The fourth-order valence-electron chi connectivity index (χ4n) is 4.91. The third kappa shape index (κ3) is 6.33. The first-order valence-corrected chi connectivity index (χ1v) is 13.2. The van der Waals surface area contributed by atoms with Gasteiger partial charge in [-0.15, -0.1) is 0 Å². The van der Waals surface area contributed by atoms with E-state index in [-0.39, 0.29) is 30.9 Å². The number of carbonyl (C=O) groups excluding carboxylic acids is 1. The molecule has 1 aliphatic carbocycles. The fourth-order valence-corrected chi connectivity index (χ4v) is 4.91. The number of benzene rings is 3. The van der Waals surface area contributed by atoms with E-state index >= 15 is 0 Å². The van der Waals surface area contributed by atoms with Crippen LogP contribution in [-0.2, 0) is 17.8 Å². The molecular weight excluding hydrogens is 508 g/mol. The molecule has 0 aromatic heterocycles. The summed E-state index contributed by atoms with van der Waals surface area (Å²) in [5.41, 5.74) is 4.18. The Labute approximate surface area is 225 Å². The van der Waals surface area contributed by atoms with E-state index in [9.17, 15) is 22.4 Å². The summed E-state index contributed by atoms with van der Waals surface area (Å²) in [5.74, 6) is -4.47. The second-order valence-corrected chi connectivity index (χ2v) is 9.96. The second kappa shape index (κ2) is 12.0. The molecule has 0 atom stereocenters. The van der Waals surface area contributed by atoms with E-state index in [1.165, 1.54) is 6.07 Å². The predicted octanol–water partition coefficient (Wildman–Crippen LogP) is 6.19. The summed E-state index contributed by atoms with van der Waals surface area (Å²) in [4.78, 5) is 15.5. The van der Waals surface area contributed by atoms with Gasteiger partial charge in [0.1, 0.15) is 5.82 Å². The van der Waals surface area contributed by atoms with Crippen molar-refractivity contribution in [3.8, 4) is 5.75 Å². The van der Waals surface area contributed by atoms with Crippen LogP contribution in [0.2, 0.25) is 0 Å². The molecule has 0 saturated heterocycles. The molecule has 0 bridgehead atoms. The van der Waals surface area contributed by atoms with Crippen molar-refractivity contribution in [1.29, 1.82) is 0 Å². The van der Waals surface area contributed by atoms with E-state index in [0.29, 0.717) is 36.9 Å². The minimum Gasteiger partial charge on any atom is -0.488 e. The molecule has 5 rings (SSSR count). The Balaban J connectivity index is 1.26. The van der Waals surface area contributed by atoms with Crippen LogP contribution in [-0.4, -0.2) is 36.5 Å². The average Bonchev–Trinajstić information content (AvgIpc) is 3.80. The van der Waals surface area contributed by atoms with Gasteiger partial charge in [0.15, 0.2) is 17.4 Å². The Hall–Kier alpha value is -3.65. The molecule has 1 heterocycles. The third-order valence-electron chi connectivity index (χ3n) is 7.18. The quantitative estimate of drug-likeness (QED) is 0.190. The van der Waals surface area contributed by atoms with Gasteiger partial charge < -0.3 is 15.0 Å². The van der Waals surface area contributed by atoms with Gasteiger partial charge >= 0.3 is 0 Å². The molecule has 0 radical (unpaired) electrons. The predicted molar refractivity (Wildman–Crippen MR) is 141 cm³/mol. The standard InChI is InChI=1S/C31H30F4N2O2/c32-26-6-2-1-5-22(26)19-37(23-11-12-23)31(38)25-18-36-16-15-24(25)21-9-7-20(8-10-21)4-3-17-39-30-28(34)14-13-27(33)29(30)35/h1-2,5-10,13-14,23,36H,3-4,11-12,15-19H2. The lowest BCUT2D eigenvalue weighted by Gasteiger charge is -2.28. The molecular formula is C31H30F4N2O2. The van der Waals surface area contributed by atoms with Crippen LogP contribution in [0.4, 0.5) is 17.6 Å². The zero-order valence-corrected chi connectivity index (χ0v) is 21.5. The van der Waals surface area contributed by atoms with Crippen LogP contribution in [0.3, 0.4) is 0 Å². The topological polar surface area (TPSA) is 41.6 Å². The van der Waals surface area contributed by atoms with Crippen molar-refractivity contribution in [3.05, 3.63) is 106 Å². The molecule has 1 fully saturated rings. The smallest absolute Gasteiger partial charge is 0.251 e. The van der Waals surface area contributed by atoms with Gasteiger partial charge in [0.25, 0.3) is 5.91 Å². The maximum absolute atomic E-state index is 14.3. The molecule has 8 heteroatoms. The Morgan fingerprint density at radius 3 is 2.41 bits per heavy atom. The van der Waals surface area contributed by atoms with Crippen LogP contribution >= 0.6 is 0 Å². The highest BCUT2D eigenvalue weighted by atomic mass is 19.2. The van der Waals surface area contributed by atoms with E-state index in [2.05, 4.69) is 5.32 Å². The normalized spacial score (nSPS) is 15.4. The molecule has 1 N–H and O–H groups in total. The summed E-state index contributed by atoms with van der Waals surface area (Å²) < 4.78 is 60.3. The summed E-state index contributed by atoms with van der Waals surface area (Å²) in [6.45, 7) is 1.50. The highest BCUT2D eigenvalue weighted by molar-refractivity contribution is 6.02. The van der Waals surface area contributed by atoms with E-state index in [1.807, 2.05) is 24.3 Å². The van der Waals surface area contributed by atoms with E-state index in [1.54, 1.807) is 23.1 Å². The number of hydrogen-bond donors (Lipinski definition) is 1. The maximum Gasteiger partial charge on any atom is 0.251 e. The zero-order valence-electron chi connectivity index (χ0n) is 21.5. The van der Waals surface area contributed by atoms with Crippen LogP contribution in [0.15, 0.2) is 66.2 Å². The molecule has 0 spiro atoms. The molecule has 1 aliphatic heterocycles. The third-order valence-corrected chi connectivity index (χ3v) is 7.18. The van der Waals surface area contributed by atoms with Crippen LogP contribution < -0.4 is 10.1 Å². The van der Waals surface area contributed by atoms with Gasteiger partial charge in [-0.3, -0.25) is 4.79 Å². The number of ether oxygens (including phenoxy) is 1. The van der Waals surface area contributed by atoms with Gasteiger partial charge in [-0.25, -0.2) is 13.2 Å². The zero-order chi connectivity index (χ0) is 27.4. The molecule has 39 heavy (non-hydrogen) atoms. The molecule has 204 valence electrons.